The lowest BCUT2D eigenvalue weighted by atomic mass is 10.2. The highest BCUT2D eigenvalue weighted by Crippen LogP contribution is 2.27. The minimum atomic E-state index is -0.530. The average molecular weight is 316 g/mol. The number of para-hydroxylation sites is 1. The van der Waals surface area contributed by atoms with E-state index in [9.17, 15) is 9.59 Å². The first-order valence-corrected chi connectivity index (χ1v) is 7.34. The van der Waals surface area contributed by atoms with Gasteiger partial charge in [0.2, 0.25) is 0 Å². The van der Waals surface area contributed by atoms with Gasteiger partial charge in [-0.05, 0) is 42.3 Å². The number of fused-ring (bicyclic) bond motifs is 1. The second-order valence-corrected chi connectivity index (χ2v) is 5.44. The Kier molecular flexibility index (Phi) is 4.11. The summed E-state index contributed by atoms with van der Waals surface area (Å²) in [7, 11) is 0. The van der Waals surface area contributed by atoms with Crippen LogP contribution in [0.1, 0.15) is 15.9 Å². The van der Waals surface area contributed by atoms with Crippen molar-refractivity contribution in [1.82, 2.24) is 0 Å². The molecule has 0 spiro atoms. The summed E-state index contributed by atoms with van der Waals surface area (Å²) in [5, 5.41) is 0.543. The van der Waals surface area contributed by atoms with Crippen molar-refractivity contribution in [2.75, 3.05) is 18.1 Å². The molecule has 0 fully saturated rings. The molecule has 3 rings (SSSR count). The predicted octanol–water partition coefficient (Wildman–Crippen LogP) is 3.09. The highest BCUT2D eigenvalue weighted by Gasteiger charge is 2.24. The van der Waals surface area contributed by atoms with Gasteiger partial charge in [0.25, 0.3) is 5.91 Å². The van der Waals surface area contributed by atoms with Crippen LogP contribution in [0.15, 0.2) is 48.5 Å². The summed E-state index contributed by atoms with van der Waals surface area (Å²) in [6.45, 7) is 0.354. The molecule has 112 valence electrons. The summed E-state index contributed by atoms with van der Waals surface area (Å²) in [6.07, 6.45) is 0.826. The first kappa shape index (κ1) is 14.6. The van der Waals surface area contributed by atoms with E-state index in [1.807, 2.05) is 24.3 Å². The van der Waals surface area contributed by atoms with Crippen LogP contribution in [0.2, 0.25) is 5.02 Å². The topological polar surface area (TPSA) is 46.6 Å². The summed E-state index contributed by atoms with van der Waals surface area (Å²) in [5.41, 5.74) is 2.41. The molecule has 22 heavy (non-hydrogen) atoms. The third kappa shape index (κ3) is 2.97. The average Bonchev–Trinajstić information content (AvgIpc) is 2.97. The zero-order valence-corrected chi connectivity index (χ0v) is 12.5. The molecule has 0 N–H and O–H groups in total. The van der Waals surface area contributed by atoms with Gasteiger partial charge in [-0.2, -0.15) is 0 Å². The van der Waals surface area contributed by atoms with Gasteiger partial charge in [0, 0.05) is 17.3 Å². The number of nitrogens with zero attached hydrogens (tertiary/aromatic N) is 1. The van der Waals surface area contributed by atoms with Crippen molar-refractivity contribution >= 4 is 29.2 Å². The number of ether oxygens (including phenoxy) is 1. The predicted molar refractivity (Wildman–Crippen MR) is 84.2 cm³/mol. The Bertz CT molecular complexity index is 712. The lowest BCUT2D eigenvalue weighted by Crippen LogP contribution is -2.33. The van der Waals surface area contributed by atoms with Crippen molar-refractivity contribution in [3.05, 3.63) is 64.7 Å². The van der Waals surface area contributed by atoms with Crippen LogP contribution < -0.4 is 4.90 Å². The molecule has 1 aliphatic rings. The van der Waals surface area contributed by atoms with Crippen LogP contribution >= 0.6 is 11.6 Å². The van der Waals surface area contributed by atoms with E-state index < -0.39 is 5.97 Å². The van der Waals surface area contributed by atoms with E-state index in [0.717, 1.165) is 17.7 Å². The Morgan fingerprint density at radius 3 is 2.59 bits per heavy atom. The Balaban J connectivity index is 1.61. The van der Waals surface area contributed by atoms with Crippen molar-refractivity contribution in [3.8, 4) is 0 Å². The highest BCUT2D eigenvalue weighted by molar-refractivity contribution is 6.30. The zero-order valence-electron chi connectivity index (χ0n) is 11.8. The van der Waals surface area contributed by atoms with Gasteiger partial charge in [-0.25, -0.2) is 4.79 Å². The summed E-state index contributed by atoms with van der Waals surface area (Å²) >= 11 is 5.76. The Hall–Kier alpha value is -2.33. The van der Waals surface area contributed by atoms with Gasteiger partial charge >= 0.3 is 5.97 Å². The van der Waals surface area contributed by atoms with E-state index in [2.05, 4.69) is 0 Å². The highest BCUT2D eigenvalue weighted by atomic mass is 35.5. The van der Waals surface area contributed by atoms with Gasteiger partial charge in [0.15, 0.2) is 6.61 Å². The van der Waals surface area contributed by atoms with Crippen LogP contribution in [0.25, 0.3) is 0 Å². The third-order valence-corrected chi connectivity index (χ3v) is 3.85. The molecule has 0 unspecified atom stereocenters. The normalized spacial score (nSPS) is 12.9. The second-order valence-electron chi connectivity index (χ2n) is 5.01. The van der Waals surface area contributed by atoms with Gasteiger partial charge in [0.05, 0.1) is 5.56 Å². The van der Waals surface area contributed by atoms with Crippen molar-refractivity contribution in [3.63, 3.8) is 0 Å². The summed E-state index contributed by atoms with van der Waals surface area (Å²) < 4.78 is 5.08. The Labute approximate surface area is 133 Å². The number of esters is 1. The van der Waals surface area contributed by atoms with E-state index in [0.29, 0.717) is 17.1 Å². The molecule has 1 aliphatic heterocycles. The molecule has 0 aliphatic carbocycles. The van der Waals surface area contributed by atoms with Crippen molar-refractivity contribution < 1.29 is 14.3 Å². The molecule has 5 heteroatoms. The molecule has 2 aromatic rings. The maximum atomic E-state index is 12.2. The lowest BCUT2D eigenvalue weighted by molar-refractivity contribution is -0.121. The molecule has 0 saturated heterocycles. The van der Waals surface area contributed by atoms with Gasteiger partial charge < -0.3 is 9.64 Å². The number of anilines is 1. The Morgan fingerprint density at radius 2 is 1.82 bits per heavy atom. The monoisotopic (exact) mass is 315 g/mol. The van der Waals surface area contributed by atoms with E-state index in [1.165, 1.54) is 0 Å². The Morgan fingerprint density at radius 1 is 1.09 bits per heavy atom. The minimum absolute atomic E-state index is 0.215. The number of carbonyl (C=O) groups is 2. The van der Waals surface area contributed by atoms with Gasteiger partial charge in [-0.15, -0.1) is 0 Å². The molecule has 0 radical (unpaired) electrons. The van der Waals surface area contributed by atoms with E-state index >= 15 is 0 Å². The maximum absolute atomic E-state index is 12.2. The fraction of sp³-hybridized carbons (Fsp3) is 0.176. The standard InChI is InChI=1S/C17H14ClNO3/c18-14-7-5-13(6-8-14)17(21)22-11-16(20)19-10-9-12-3-1-2-4-15(12)19/h1-8H,9-11H2. The molecular weight excluding hydrogens is 302 g/mol. The molecule has 1 amide bonds. The molecule has 1 heterocycles. The molecule has 2 aromatic carbocycles. The van der Waals surface area contributed by atoms with Gasteiger partial charge in [0.1, 0.15) is 0 Å². The van der Waals surface area contributed by atoms with Crippen molar-refractivity contribution in [1.29, 1.82) is 0 Å². The minimum Gasteiger partial charge on any atom is -0.452 e. The number of rotatable bonds is 3. The van der Waals surface area contributed by atoms with Crippen LogP contribution in [0, 0.1) is 0 Å². The van der Waals surface area contributed by atoms with Crippen LogP contribution in [-0.4, -0.2) is 25.0 Å². The van der Waals surface area contributed by atoms with Crippen LogP contribution in [-0.2, 0) is 16.0 Å². The van der Waals surface area contributed by atoms with Crippen LogP contribution in [0.4, 0.5) is 5.69 Å². The smallest absolute Gasteiger partial charge is 0.338 e. The number of carbonyl (C=O) groups excluding carboxylic acids is 2. The summed E-state index contributed by atoms with van der Waals surface area (Å²) in [5.74, 6) is -0.746. The molecule has 0 aromatic heterocycles. The van der Waals surface area contributed by atoms with E-state index in [1.54, 1.807) is 29.2 Å². The first-order chi connectivity index (χ1) is 10.6. The number of halogens is 1. The molecule has 0 atom stereocenters. The fourth-order valence-corrected chi connectivity index (χ4v) is 2.60. The third-order valence-electron chi connectivity index (χ3n) is 3.59. The van der Waals surface area contributed by atoms with Gasteiger partial charge in [-0.3, -0.25) is 4.79 Å². The summed E-state index contributed by atoms with van der Waals surface area (Å²) in [6, 6.07) is 14.1. The van der Waals surface area contributed by atoms with Crippen molar-refractivity contribution in [2.45, 2.75) is 6.42 Å². The second kappa shape index (κ2) is 6.20. The number of amides is 1. The number of hydrogen-bond donors (Lipinski definition) is 0. The fourth-order valence-electron chi connectivity index (χ4n) is 2.47. The molecule has 0 bridgehead atoms. The molecular formula is C17H14ClNO3. The van der Waals surface area contributed by atoms with E-state index in [4.69, 9.17) is 16.3 Å². The summed E-state index contributed by atoms with van der Waals surface area (Å²) in [4.78, 5) is 25.8. The van der Waals surface area contributed by atoms with Gasteiger partial charge in [-0.1, -0.05) is 29.8 Å². The van der Waals surface area contributed by atoms with E-state index in [-0.39, 0.29) is 12.5 Å². The SMILES string of the molecule is O=C(OCC(=O)N1CCc2ccccc21)c1ccc(Cl)cc1. The quantitative estimate of drug-likeness (QED) is 0.818. The van der Waals surface area contributed by atoms with Crippen LogP contribution in [0.3, 0.4) is 0 Å². The number of benzene rings is 2. The largest absolute Gasteiger partial charge is 0.452 e. The number of hydrogen-bond acceptors (Lipinski definition) is 3. The first-order valence-electron chi connectivity index (χ1n) is 6.96. The lowest BCUT2D eigenvalue weighted by Gasteiger charge is -2.17. The molecule has 0 saturated carbocycles. The maximum Gasteiger partial charge on any atom is 0.338 e. The van der Waals surface area contributed by atoms with Crippen molar-refractivity contribution in [2.24, 2.45) is 0 Å². The zero-order chi connectivity index (χ0) is 15.5. The van der Waals surface area contributed by atoms with Crippen LogP contribution in [0.5, 0.6) is 0 Å². The molecule has 4 nitrogen and oxygen atoms in total.